The maximum absolute atomic E-state index is 8.62. The third kappa shape index (κ3) is 5.88. The fraction of sp³-hybridized carbons (Fsp3) is 0.222. The Labute approximate surface area is 286 Å². The van der Waals surface area contributed by atoms with Gasteiger partial charge in [0.15, 0.2) is 0 Å². The molecule has 0 spiro atoms. The summed E-state index contributed by atoms with van der Waals surface area (Å²) >= 11 is 14.2. The molecule has 2 aliphatic rings. The predicted octanol–water partition coefficient (Wildman–Crippen LogP) is 13.0. The van der Waals surface area contributed by atoms with E-state index < -0.39 is 27.5 Å². The van der Waals surface area contributed by atoms with Crippen molar-refractivity contribution in [1.82, 2.24) is 0 Å². The first-order chi connectivity index (χ1) is 20.9. The fourth-order valence-electron chi connectivity index (χ4n) is 7.93. The second-order valence-electron chi connectivity index (χ2n) is 12.6. The van der Waals surface area contributed by atoms with Crippen molar-refractivity contribution in [2.75, 3.05) is 0 Å². The van der Waals surface area contributed by atoms with Crippen molar-refractivity contribution in [2.24, 2.45) is 0 Å². The number of fused-ring (bicyclic) bond motifs is 2. The SMILES string of the molecule is CC1=Cc2c(-c3ccccc3)cccc2[CH]1[Zr]([Cl])([Cl])([CH]1C(C)=Cc2c(-c3ccccc3)cccc21)[SiH](C)CCC[Si](Cl)(Cl)Cl. The molecule has 3 unspecified atom stereocenters. The third-order valence-electron chi connectivity index (χ3n) is 9.87. The number of allylic oxidation sites excluding steroid dienone is 2. The number of rotatable bonds is 9. The molecule has 227 valence electrons. The Bertz CT molecular complexity index is 1650. The first kappa shape index (κ1) is 33.0. The molecule has 0 bridgehead atoms. The summed E-state index contributed by atoms with van der Waals surface area (Å²) in [5.41, 5.74) is 12.6. The van der Waals surface area contributed by atoms with Crippen LogP contribution in [0.1, 0.15) is 49.8 Å². The molecule has 0 radical (unpaired) electrons. The van der Waals surface area contributed by atoms with E-state index >= 15 is 0 Å². The molecule has 0 heterocycles. The molecule has 44 heavy (non-hydrogen) atoms. The zero-order valence-electron chi connectivity index (χ0n) is 25.1. The Kier molecular flexibility index (Phi) is 9.48. The van der Waals surface area contributed by atoms with Crippen molar-refractivity contribution < 1.29 is 15.6 Å². The van der Waals surface area contributed by atoms with Crippen molar-refractivity contribution in [1.29, 1.82) is 0 Å². The summed E-state index contributed by atoms with van der Waals surface area (Å²) in [6.07, 6.45) is 5.59. The van der Waals surface area contributed by atoms with Gasteiger partial charge in [0.1, 0.15) is 0 Å². The van der Waals surface area contributed by atoms with E-state index in [-0.39, 0.29) is 7.25 Å². The van der Waals surface area contributed by atoms with Crippen molar-refractivity contribution in [3.8, 4) is 22.3 Å². The average molecular weight is 793 g/mol. The van der Waals surface area contributed by atoms with E-state index in [4.69, 9.17) is 50.3 Å². The Hall–Kier alpha value is -0.873. The van der Waals surface area contributed by atoms with Gasteiger partial charge in [-0.3, -0.25) is 0 Å². The number of hydrogen-bond donors (Lipinski definition) is 0. The quantitative estimate of drug-likeness (QED) is 0.117. The van der Waals surface area contributed by atoms with Gasteiger partial charge in [0.05, 0.1) is 0 Å². The van der Waals surface area contributed by atoms with E-state index in [9.17, 15) is 0 Å². The summed E-state index contributed by atoms with van der Waals surface area (Å²) in [7, 11) is 17.2. The molecular weight excluding hydrogens is 757 g/mol. The molecule has 0 amide bonds. The summed E-state index contributed by atoms with van der Waals surface area (Å²) < 4.78 is 0.0366. The van der Waals surface area contributed by atoms with Crippen LogP contribution in [0.3, 0.4) is 0 Å². The minimum absolute atomic E-state index is 0.0183. The van der Waals surface area contributed by atoms with Crippen LogP contribution in [0.4, 0.5) is 0 Å². The maximum atomic E-state index is 8.62. The van der Waals surface area contributed by atoms with Crippen molar-refractivity contribution in [3.05, 3.63) is 130 Å². The second kappa shape index (κ2) is 12.6. The van der Waals surface area contributed by atoms with Crippen molar-refractivity contribution in [3.63, 3.8) is 0 Å². The Morgan fingerprint density at radius 3 is 1.48 bits per heavy atom. The van der Waals surface area contributed by atoms with Crippen molar-refractivity contribution in [2.45, 2.75) is 46.2 Å². The number of halogens is 5. The van der Waals surface area contributed by atoms with E-state index in [1.54, 1.807) is 0 Å². The second-order valence-corrected chi connectivity index (χ2v) is 63.2. The van der Waals surface area contributed by atoms with Crippen LogP contribution >= 0.6 is 50.3 Å². The molecule has 0 aliphatic heterocycles. The summed E-state index contributed by atoms with van der Waals surface area (Å²) in [4.78, 5) is 0. The molecule has 0 fully saturated rings. The van der Waals surface area contributed by atoms with Crippen LogP contribution in [0.2, 0.25) is 18.6 Å². The summed E-state index contributed by atoms with van der Waals surface area (Å²) in [6, 6.07) is 33.5. The normalized spacial score (nSPS) is 19.4. The molecule has 3 atom stereocenters. The van der Waals surface area contributed by atoms with Crippen LogP contribution in [-0.4, -0.2) is 11.9 Å². The van der Waals surface area contributed by atoms with Crippen LogP contribution in [-0.2, 0) is 15.6 Å². The summed E-state index contributed by atoms with van der Waals surface area (Å²) in [5, 5.41) is 0. The first-order valence-electron chi connectivity index (χ1n) is 15.3. The van der Waals surface area contributed by atoms with E-state index in [1.165, 1.54) is 55.7 Å². The number of benzene rings is 4. The van der Waals surface area contributed by atoms with E-state index in [2.05, 4.69) is 130 Å². The van der Waals surface area contributed by atoms with Gasteiger partial charge in [0.2, 0.25) is 0 Å². The molecule has 8 heteroatoms. The van der Waals surface area contributed by atoms with Crippen LogP contribution in [0.25, 0.3) is 34.4 Å². The van der Waals surface area contributed by atoms with E-state index in [1.807, 2.05) is 0 Å². The molecular formula is C36H36Cl5Si2Zr. The summed E-state index contributed by atoms with van der Waals surface area (Å²) in [5.74, 6) is -1.81. The van der Waals surface area contributed by atoms with Crippen molar-refractivity contribution >= 4 is 74.3 Å². The van der Waals surface area contributed by atoms with Crippen LogP contribution in [0, 0.1) is 0 Å². The van der Waals surface area contributed by atoms with Gasteiger partial charge in [-0.15, -0.1) is 0 Å². The fourth-order valence-corrected chi connectivity index (χ4v) is 52.2. The molecule has 0 aromatic heterocycles. The average Bonchev–Trinajstić information content (AvgIpc) is 3.53. The van der Waals surface area contributed by atoms with Gasteiger partial charge >= 0.3 is 289 Å². The minimum atomic E-state index is -4.94. The zero-order valence-corrected chi connectivity index (χ0v) is 33.5. The predicted molar refractivity (Wildman–Crippen MR) is 199 cm³/mol. The molecule has 0 saturated heterocycles. The topological polar surface area (TPSA) is 0 Å². The zero-order chi connectivity index (χ0) is 31.3. The summed E-state index contributed by atoms with van der Waals surface area (Å²) in [6.45, 7) is 6.92. The van der Waals surface area contributed by atoms with Gasteiger partial charge in [0, 0.05) is 0 Å². The van der Waals surface area contributed by atoms with Crippen LogP contribution < -0.4 is 0 Å². The first-order valence-corrected chi connectivity index (χ1v) is 36.5. The van der Waals surface area contributed by atoms with Crippen LogP contribution in [0.15, 0.2) is 108 Å². The van der Waals surface area contributed by atoms with E-state index in [0.29, 0.717) is 6.04 Å². The molecule has 4 aromatic rings. The molecule has 0 nitrogen and oxygen atoms in total. The van der Waals surface area contributed by atoms with E-state index in [0.717, 1.165) is 12.5 Å². The standard InChI is InChI=1S/2C16H13.C4H10Cl3Si2.2ClH.Zr/c2*1-12-10-14-8-5-9-15(16(14)11-12)13-6-3-2-4-7-13;1-8-3-2-4-9(5,6)7;;;/h2*2-11H,1H3;8H,2-4H2,1H3;2*1H;/q;;;;;+2/p-2. The Balaban J connectivity index is 1.54. The monoisotopic (exact) mass is 789 g/mol. The Morgan fingerprint density at radius 1 is 0.636 bits per heavy atom. The van der Waals surface area contributed by atoms with Gasteiger partial charge in [-0.05, 0) is 0 Å². The van der Waals surface area contributed by atoms with Gasteiger partial charge in [0.25, 0.3) is 0 Å². The Morgan fingerprint density at radius 2 is 1.07 bits per heavy atom. The molecule has 2 aliphatic carbocycles. The molecule has 0 saturated carbocycles. The van der Waals surface area contributed by atoms with Gasteiger partial charge < -0.3 is 0 Å². The van der Waals surface area contributed by atoms with Gasteiger partial charge in [-0.25, -0.2) is 0 Å². The molecule has 4 aromatic carbocycles. The third-order valence-corrected chi connectivity index (χ3v) is 63.2. The van der Waals surface area contributed by atoms with Gasteiger partial charge in [-0.2, -0.15) is 0 Å². The van der Waals surface area contributed by atoms with Crippen LogP contribution in [0.5, 0.6) is 0 Å². The molecule has 0 N–H and O–H groups in total. The molecule has 6 rings (SSSR count). The van der Waals surface area contributed by atoms with Gasteiger partial charge in [-0.1, -0.05) is 0 Å². The number of hydrogen-bond acceptors (Lipinski definition) is 0.